The Bertz CT molecular complexity index is 549. The molecule has 1 saturated heterocycles. The fourth-order valence-electron chi connectivity index (χ4n) is 1.97. The highest BCUT2D eigenvalue weighted by atomic mass is 19.1. The van der Waals surface area contributed by atoms with Gasteiger partial charge in [-0.05, 0) is 12.1 Å². The van der Waals surface area contributed by atoms with Gasteiger partial charge in [0.05, 0.1) is 18.8 Å². The van der Waals surface area contributed by atoms with E-state index in [1.807, 2.05) is 4.90 Å². The van der Waals surface area contributed by atoms with Gasteiger partial charge in [0, 0.05) is 25.7 Å². The van der Waals surface area contributed by atoms with E-state index in [1.54, 1.807) is 0 Å². The van der Waals surface area contributed by atoms with Crippen LogP contribution in [0.1, 0.15) is 0 Å². The minimum atomic E-state index is -0.609. The number of nitrogens with two attached hydrogens (primary N) is 1. The third kappa shape index (κ3) is 4.67. The van der Waals surface area contributed by atoms with Crippen LogP contribution in [0.2, 0.25) is 0 Å². The average Bonchev–Trinajstić information content (AvgIpc) is 2.43. The average molecular weight is 297 g/mol. The van der Waals surface area contributed by atoms with Crippen molar-refractivity contribution in [3.8, 4) is 0 Å². The van der Waals surface area contributed by atoms with Gasteiger partial charge >= 0.3 is 0 Å². The van der Waals surface area contributed by atoms with Crippen molar-refractivity contribution in [1.29, 1.82) is 0 Å². The Kier molecular flexibility index (Phi) is 5.04. The van der Waals surface area contributed by atoms with Crippen LogP contribution in [0.5, 0.6) is 0 Å². The molecule has 1 amide bonds. The van der Waals surface area contributed by atoms with Crippen LogP contribution in [0.3, 0.4) is 0 Å². The summed E-state index contributed by atoms with van der Waals surface area (Å²) >= 11 is 0. The quantitative estimate of drug-likeness (QED) is 0.545. The van der Waals surface area contributed by atoms with E-state index in [9.17, 15) is 13.6 Å². The molecule has 6 nitrogen and oxygen atoms in total. The third-order valence-electron chi connectivity index (χ3n) is 3.01. The number of amides is 1. The molecule has 114 valence electrons. The number of carbonyl (C=O) groups is 1. The van der Waals surface area contributed by atoms with Gasteiger partial charge in [-0.2, -0.15) is 0 Å². The number of rotatable bonds is 4. The van der Waals surface area contributed by atoms with E-state index in [-0.39, 0.29) is 17.6 Å². The van der Waals surface area contributed by atoms with E-state index < -0.39 is 11.6 Å². The Morgan fingerprint density at radius 2 is 2.29 bits per heavy atom. The number of aliphatic imine (C=N–C) groups is 1. The number of benzene rings is 1. The predicted molar refractivity (Wildman–Crippen MR) is 75.9 cm³/mol. The van der Waals surface area contributed by atoms with Gasteiger partial charge in [0.2, 0.25) is 5.91 Å². The van der Waals surface area contributed by atoms with E-state index in [2.05, 4.69) is 15.6 Å². The molecule has 0 aliphatic carbocycles. The van der Waals surface area contributed by atoms with Crippen LogP contribution >= 0.6 is 0 Å². The second-order valence-electron chi connectivity index (χ2n) is 4.64. The molecule has 1 aliphatic rings. The van der Waals surface area contributed by atoms with Crippen molar-refractivity contribution in [3.05, 3.63) is 29.8 Å². The molecule has 1 aliphatic heterocycles. The fraction of sp³-hybridized carbons (Fsp3) is 0.385. The molecule has 4 N–H and O–H groups in total. The first kappa shape index (κ1) is 15.2. The molecule has 1 aromatic rings. The standard InChI is InChI=1S/C13H17F2N5O/c14-9-1-2-10(15)11(7-9)19-13(16)18-4-6-20-5-3-17-12(21)8-20/h1-2,7H,3-6,8H2,(H,17,21)(H3,16,18,19). The number of hydrogen-bond acceptors (Lipinski definition) is 3. The van der Waals surface area contributed by atoms with Gasteiger partial charge in [0.15, 0.2) is 5.96 Å². The first-order valence-corrected chi connectivity index (χ1v) is 6.55. The smallest absolute Gasteiger partial charge is 0.234 e. The molecule has 1 fully saturated rings. The number of halogens is 2. The summed E-state index contributed by atoms with van der Waals surface area (Å²) in [6, 6.07) is 3.04. The van der Waals surface area contributed by atoms with E-state index >= 15 is 0 Å². The number of piperazine rings is 1. The molecule has 1 heterocycles. The molecule has 0 bridgehead atoms. The number of nitrogens with one attached hydrogen (secondary N) is 2. The Morgan fingerprint density at radius 3 is 3.05 bits per heavy atom. The molecule has 21 heavy (non-hydrogen) atoms. The van der Waals surface area contributed by atoms with Gasteiger partial charge in [0.25, 0.3) is 0 Å². The number of carbonyl (C=O) groups excluding carboxylic acids is 1. The highest BCUT2D eigenvalue weighted by molar-refractivity contribution is 5.92. The topological polar surface area (TPSA) is 82.8 Å². The van der Waals surface area contributed by atoms with Crippen LogP contribution in [0.15, 0.2) is 23.2 Å². The zero-order valence-electron chi connectivity index (χ0n) is 11.4. The molecular formula is C13H17F2N5O. The van der Waals surface area contributed by atoms with Gasteiger partial charge in [-0.25, -0.2) is 8.78 Å². The first-order valence-electron chi connectivity index (χ1n) is 6.55. The molecule has 1 aromatic carbocycles. The summed E-state index contributed by atoms with van der Waals surface area (Å²) in [4.78, 5) is 17.2. The van der Waals surface area contributed by atoms with Crippen molar-refractivity contribution in [2.75, 3.05) is 38.0 Å². The molecular weight excluding hydrogens is 280 g/mol. The van der Waals surface area contributed by atoms with Crippen molar-refractivity contribution in [2.45, 2.75) is 0 Å². The van der Waals surface area contributed by atoms with Gasteiger partial charge in [-0.1, -0.05) is 0 Å². The van der Waals surface area contributed by atoms with E-state index in [0.717, 1.165) is 24.7 Å². The Hall–Kier alpha value is -2.22. The van der Waals surface area contributed by atoms with Crippen LogP contribution in [0.4, 0.5) is 14.5 Å². The summed E-state index contributed by atoms with van der Waals surface area (Å²) in [6.45, 7) is 2.64. The Balaban J connectivity index is 1.83. The number of hydrogen-bond donors (Lipinski definition) is 3. The Morgan fingerprint density at radius 1 is 1.48 bits per heavy atom. The summed E-state index contributed by atoms with van der Waals surface area (Å²) in [5, 5.41) is 5.24. The van der Waals surface area contributed by atoms with Crippen molar-refractivity contribution < 1.29 is 13.6 Å². The molecule has 0 radical (unpaired) electrons. The lowest BCUT2D eigenvalue weighted by Gasteiger charge is -2.25. The number of nitrogens with zero attached hydrogens (tertiary/aromatic N) is 2. The monoisotopic (exact) mass is 297 g/mol. The minimum absolute atomic E-state index is 0.000890. The fourth-order valence-corrected chi connectivity index (χ4v) is 1.97. The summed E-state index contributed by atoms with van der Waals surface area (Å²) < 4.78 is 26.4. The molecule has 0 saturated carbocycles. The number of guanidine groups is 1. The van der Waals surface area contributed by atoms with Gasteiger partial charge < -0.3 is 16.4 Å². The molecule has 8 heteroatoms. The van der Waals surface area contributed by atoms with Crippen molar-refractivity contribution >= 4 is 17.6 Å². The van der Waals surface area contributed by atoms with Gasteiger partial charge in [0.1, 0.15) is 11.6 Å². The van der Waals surface area contributed by atoms with Gasteiger partial charge in [-0.15, -0.1) is 0 Å². The zero-order valence-corrected chi connectivity index (χ0v) is 11.4. The largest absolute Gasteiger partial charge is 0.370 e. The van der Waals surface area contributed by atoms with Crippen LogP contribution in [-0.2, 0) is 4.79 Å². The van der Waals surface area contributed by atoms with Crippen molar-refractivity contribution in [3.63, 3.8) is 0 Å². The van der Waals surface area contributed by atoms with E-state index in [1.165, 1.54) is 0 Å². The molecule has 0 unspecified atom stereocenters. The third-order valence-corrected chi connectivity index (χ3v) is 3.01. The summed E-state index contributed by atoms with van der Waals surface area (Å²) in [6.07, 6.45) is 0. The molecule has 0 atom stereocenters. The SMILES string of the molecule is NC(=NCCN1CCNC(=O)C1)Nc1cc(F)ccc1F. The second kappa shape index (κ2) is 6.98. The maximum absolute atomic E-state index is 13.4. The normalized spacial score (nSPS) is 16.7. The summed E-state index contributed by atoms with van der Waals surface area (Å²) in [5.74, 6) is -1.19. The number of anilines is 1. The first-order chi connectivity index (χ1) is 10.0. The molecule has 2 rings (SSSR count). The van der Waals surface area contributed by atoms with E-state index in [0.29, 0.717) is 26.2 Å². The van der Waals surface area contributed by atoms with Crippen LogP contribution in [0, 0.1) is 11.6 Å². The minimum Gasteiger partial charge on any atom is -0.370 e. The maximum atomic E-state index is 13.4. The van der Waals surface area contributed by atoms with Gasteiger partial charge in [-0.3, -0.25) is 14.7 Å². The van der Waals surface area contributed by atoms with Crippen molar-refractivity contribution in [1.82, 2.24) is 10.2 Å². The lowest BCUT2D eigenvalue weighted by Crippen LogP contribution is -2.48. The van der Waals surface area contributed by atoms with Crippen LogP contribution in [0.25, 0.3) is 0 Å². The van der Waals surface area contributed by atoms with E-state index in [4.69, 9.17) is 5.73 Å². The second-order valence-corrected chi connectivity index (χ2v) is 4.64. The molecule has 0 aromatic heterocycles. The lowest BCUT2D eigenvalue weighted by atomic mass is 10.3. The van der Waals surface area contributed by atoms with Crippen LogP contribution in [-0.4, -0.2) is 49.5 Å². The zero-order chi connectivity index (χ0) is 15.2. The maximum Gasteiger partial charge on any atom is 0.234 e. The Labute approximate surface area is 121 Å². The summed E-state index contributed by atoms with van der Waals surface area (Å²) in [5.41, 5.74) is 5.56. The summed E-state index contributed by atoms with van der Waals surface area (Å²) in [7, 11) is 0. The van der Waals surface area contributed by atoms with Crippen LogP contribution < -0.4 is 16.4 Å². The highest BCUT2D eigenvalue weighted by Crippen LogP contribution is 2.14. The molecule has 0 spiro atoms. The van der Waals surface area contributed by atoms with Crippen molar-refractivity contribution in [2.24, 2.45) is 10.7 Å². The highest BCUT2D eigenvalue weighted by Gasteiger charge is 2.14. The predicted octanol–water partition coefficient (Wildman–Crippen LogP) is 0.123. The lowest BCUT2D eigenvalue weighted by molar-refractivity contribution is -0.124.